The monoisotopic (exact) mass is 501 g/mol. The van der Waals surface area contributed by atoms with Gasteiger partial charge in [-0.3, -0.25) is 4.79 Å². The van der Waals surface area contributed by atoms with Gasteiger partial charge in [0.2, 0.25) is 0 Å². The number of benzene rings is 1. The van der Waals surface area contributed by atoms with Crippen LogP contribution in [0.2, 0.25) is 0 Å². The van der Waals surface area contributed by atoms with Gasteiger partial charge in [0.05, 0.1) is 18.4 Å². The van der Waals surface area contributed by atoms with E-state index >= 15 is 0 Å². The number of carbonyl (C=O) groups is 2. The van der Waals surface area contributed by atoms with Crippen LogP contribution in [-0.4, -0.2) is 40.2 Å². The highest BCUT2D eigenvalue weighted by Crippen LogP contribution is 2.66. The van der Waals surface area contributed by atoms with Crippen molar-refractivity contribution in [2.75, 3.05) is 7.11 Å². The molecule has 0 radical (unpaired) electrons. The quantitative estimate of drug-likeness (QED) is 0.306. The number of rotatable bonds is 5. The Morgan fingerprint density at radius 1 is 1.08 bits per heavy atom. The normalized spacial score (nSPS) is 34.6. The summed E-state index contributed by atoms with van der Waals surface area (Å²) in [4.78, 5) is 29.1. The fourth-order valence-electron chi connectivity index (χ4n) is 8.20. The van der Waals surface area contributed by atoms with Crippen LogP contribution in [0.5, 0.6) is 5.75 Å². The first-order valence-electron chi connectivity index (χ1n) is 13.5. The van der Waals surface area contributed by atoms with Gasteiger partial charge >= 0.3 is 5.97 Å². The molecule has 7 nitrogen and oxygen atoms in total. The molecule has 0 N–H and O–H groups in total. The maximum atomic E-state index is 12.8. The number of fused-ring (bicyclic) bond motifs is 5. The Kier molecular flexibility index (Phi) is 5.85. The Morgan fingerprint density at radius 2 is 1.86 bits per heavy atom. The molecule has 194 valence electrons. The Bertz CT molecular complexity index is 1260. The number of ether oxygens (including phenoxy) is 2. The average Bonchev–Trinajstić information content (AvgIpc) is 3.54. The molecule has 4 aliphatic rings. The number of hydrogen-bond acceptors (Lipinski definition) is 6. The molecular formula is C30H35N3O4. The molecule has 0 saturated heterocycles. The van der Waals surface area contributed by atoms with Crippen LogP contribution in [0.25, 0.3) is 5.70 Å². The van der Waals surface area contributed by atoms with Crippen LogP contribution in [0.4, 0.5) is 0 Å². The summed E-state index contributed by atoms with van der Waals surface area (Å²) in [6, 6.07) is 7.09. The van der Waals surface area contributed by atoms with Gasteiger partial charge < -0.3 is 9.47 Å². The molecular weight excluding hydrogens is 466 g/mol. The van der Waals surface area contributed by atoms with Crippen LogP contribution in [0.1, 0.15) is 69.2 Å². The lowest BCUT2D eigenvalue weighted by Gasteiger charge is -2.57. The van der Waals surface area contributed by atoms with E-state index in [-0.39, 0.29) is 22.9 Å². The second-order valence-corrected chi connectivity index (χ2v) is 11.8. The summed E-state index contributed by atoms with van der Waals surface area (Å²) in [6.45, 7) is 4.76. The highest BCUT2D eigenvalue weighted by atomic mass is 16.5. The molecule has 6 rings (SSSR count). The zero-order valence-corrected chi connectivity index (χ0v) is 21.9. The number of aromatic nitrogens is 3. The molecule has 0 spiro atoms. The van der Waals surface area contributed by atoms with Gasteiger partial charge in [0, 0.05) is 17.4 Å². The van der Waals surface area contributed by atoms with Gasteiger partial charge in [-0.25, -0.2) is 14.5 Å². The second-order valence-electron chi connectivity index (χ2n) is 11.8. The Labute approximate surface area is 217 Å². The van der Waals surface area contributed by atoms with Crippen LogP contribution in [0.3, 0.4) is 0 Å². The standard InChI is InChI=1S/C30H35N3O4/c1-29-12-10-23(37-28(35)19-4-7-22(36-3)8-5-19)15-21(29)6-9-24-25(29)11-13-30(2)26(24)14-20(16-34)27(30)33-18-31-17-32-33/h4-8,16-18,23-26H,9-15H2,1-3H3/t23-,24+,25-,26-,29-,30-/m0/s1. The fourth-order valence-corrected chi connectivity index (χ4v) is 8.20. The van der Waals surface area contributed by atoms with E-state index in [4.69, 9.17) is 9.47 Å². The Hall–Kier alpha value is -3.22. The minimum Gasteiger partial charge on any atom is -0.497 e. The van der Waals surface area contributed by atoms with Gasteiger partial charge in [-0.15, -0.1) is 0 Å². The van der Waals surface area contributed by atoms with Crippen molar-refractivity contribution in [3.8, 4) is 5.75 Å². The van der Waals surface area contributed by atoms with Crippen LogP contribution in [-0.2, 0) is 9.53 Å². The van der Waals surface area contributed by atoms with Crippen LogP contribution in [0.15, 0.2) is 54.1 Å². The van der Waals surface area contributed by atoms with E-state index in [1.165, 1.54) is 5.57 Å². The summed E-state index contributed by atoms with van der Waals surface area (Å²) in [6.07, 6.45) is 13.4. The van der Waals surface area contributed by atoms with E-state index < -0.39 is 0 Å². The van der Waals surface area contributed by atoms with Crippen molar-refractivity contribution >= 4 is 18.0 Å². The molecule has 1 heterocycles. The smallest absolute Gasteiger partial charge is 0.338 e. The number of esters is 1. The summed E-state index contributed by atoms with van der Waals surface area (Å²) < 4.78 is 13.0. The summed E-state index contributed by atoms with van der Waals surface area (Å²) in [5.41, 5.74) is 3.99. The predicted octanol–water partition coefficient (Wildman–Crippen LogP) is 5.50. The first kappa shape index (κ1) is 24.1. The first-order valence-corrected chi connectivity index (χ1v) is 13.5. The van der Waals surface area contributed by atoms with E-state index in [0.717, 1.165) is 68.3 Å². The molecule has 7 heteroatoms. The molecule has 0 unspecified atom stereocenters. The largest absolute Gasteiger partial charge is 0.497 e. The lowest BCUT2D eigenvalue weighted by Crippen LogP contribution is -2.50. The van der Waals surface area contributed by atoms with Gasteiger partial charge in [0.25, 0.3) is 0 Å². The molecule has 2 aromatic rings. The second kappa shape index (κ2) is 8.96. The van der Waals surface area contributed by atoms with Crippen molar-refractivity contribution in [2.45, 2.75) is 64.9 Å². The zero-order valence-electron chi connectivity index (χ0n) is 21.9. The van der Waals surface area contributed by atoms with E-state index in [9.17, 15) is 9.59 Å². The summed E-state index contributed by atoms with van der Waals surface area (Å²) in [7, 11) is 1.61. The third-order valence-corrected chi connectivity index (χ3v) is 10.1. The van der Waals surface area contributed by atoms with Crippen molar-refractivity contribution in [1.29, 1.82) is 0 Å². The minimum absolute atomic E-state index is 0.0715. The van der Waals surface area contributed by atoms with Gasteiger partial charge in [-0.2, -0.15) is 5.10 Å². The summed E-state index contributed by atoms with van der Waals surface area (Å²) in [5.74, 6) is 1.99. The van der Waals surface area contributed by atoms with Crippen LogP contribution in [0, 0.1) is 28.6 Å². The predicted molar refractivity (Wildman–Crippen MR) is 139 cm³/mol. The molecule has 0 amide bonds. The molecule has 1 aromatic heterocycles. The number of hydrogen-bond donors (Lipinski definition) is 0. The topological polar surface area (TPSA) is 83.3 Å². The minimum atomic E-state index is -0.266. The Morgan fingerprint density at radius 3 is 2.57 bits per heavy atom. The molecule has 2 saturated carbocycles. The maximum Gasteiger partial charge on any atom is 0.338 e. The third kappa shape index (κ3) is 3.77. The third-order valence-electron chi connectivity index (χ3n) is 10.1. The van der Waals surface area contributed by atoms with Crippen molar-refractivity contribution in [3.05, 3.63) is 59.7 Å². The Balaban J connectivity index is 1.20. The lowest BCUT2D eigenvalue weighted by atomic mass is 9.48. The number of carbonyl (C=O) groups excluding carboxylic acids is 2. The fraction of sp³-hybridized carbons (Fsp3) is 0.533. The number of aldehydes is 1. The zero-order chi connectivity index (χ0) is 25.8. The van der Waals surface area contributed by atoms with Crippen molar-refractivity contribution in [3.63, 3.8) is 0 Å². The molecule has 37 heavy (non-hydrogen) atoms. The number of methoxy groups -OCH3 is 1. The van der Waals surface area contributed by atoms with Crippen LogP contribution < -0.4 is 4.74 Å². The van der Waals surface area contributed by atoms with E-state index in [2.05, 4.69) is 30.0 Å². The van der Waals surface area contributed by atoms with Gasteiger partial charge in [0.15, 0.2) is 0 Å². The highest BCUT2D eigenvalue weighted by Gasteiger charge is 2.58. The number of nitrogens with zero attached hydrogens (tertiary/aromatic N) is 3. The maximum absolute atomic E-state index is 12.8. The molecule has 0 bridgehead atoms. The SMILES string of the molecule is COc1ccc(C(=O)O[C@H]2CC[C@@]3(C)C(=CC[C@@H]4[C@@H]3CC[C@]3(C)C(n5cncn5)=C(C=O)C[C@@H]43)C2)cc1. The van der Waals surface area contributed by atoms with E-state index in [1.807, 2.05) is 4.68 Å². The first-order chi connectivity index (χ1) is 17.9. The van der Waals surface area contributed by atoms with Crippen LogP contribution >= 0.6 is 0 Å². The van der Waals surface area contributed by atoms with Gasteiger partial charge in [0.1, 0.15) is 30.8 Å². The van der Waals surface area contributed by atoms with E-state index in [0.29, 0.717) is 23.3 Å². The summed E-state index contributed by atoms with van der Waals surface area (Å²) in [5, 5.41) is 4.41. The van der Waals surface area contributed by atoms with Crippen molar-refractivity contribution < 1.29 is 19.1 Å². The van der Waals surface area contributed by atoms with Crippen molar-refractivity contribution in [1.82, 2.24) is 14.8 Å². The van der Waals surface area contributed by atoms with Gasteiger partial charge in [-0.05, 0) is 86.0 Å². The van der Waals surface area contributed by atoms with E-state index in [1.54, 1.807) is 44.0 Å². The molecule has 1 aromatic carbocycles. The number of allylic oxidation sites excluding steroid dienone is 3. The molecule has 4 aliphatic carbocycles. The molecule has 0 aliphatic heterocycles. The lowest BCUT2D eigenvalue weighted by molar-refractivity contribution is -0.105. The summed E-state index contributed by atoms with van der Waals surface area (Å²) >= 11 is 0. The van der Waals surface area contributed by atoms with Crippen molar-refractivity contribution in [2.24, 2.45) is 28.6 Å². The van der Waals surface area contributed by atoms with Gasteiger partial charge in [-0.1, -0.05) is 25.5 Å². The average molecular weight is 502 g/mol. The molecule has 6 atom stereocenters. The molecule has 2 fully saturated rings. The highest BCUT2D eigenvalue weighted by molar-refractivity contribution is 5.89.